The van der Waals surface area contributed by atoms with Crippen LogP contribution >= 0.6 is 0 Å². The van der Waals surface area contributed by atoms with Crippen LogP contribution in [0.2, 0.25) is 0 Å². The molecule has 0 unspecified atom stereocenters. The molecular weight excluding hydrogens is 160 g/mol. The monoisotopic (exact) mass is 172 g/mol. The zero-order valence-electron chi connectivity index (χ0n) is 7.86. The van der Waals surface area contributed by atoms with E-state index in [0.29, 0.717) is 0 Å². The van der Waals surface area contributed by atoms with E-state index in [9.17, 15) is 0 Å². The second-order valence-electron chi connectivity index (χ2n) is 2.92. The van der Waals surface area contributed by atoms with Crippen LogP contribution in [-0.2, 0) is 0 Å². The second-order valence-corrected chi connectivity index (χ2v) is 2.92. The third kappa shape index (κ3) is 2.34. The van der Waals surface area contributed by atoms with Gasteiger partial charge in [-0.3, -0.25) is 0 Å². The van der Waals surface area contributed by atoms with Gasteiger partial charge >= 0.3 is 0 Å². The molecule has 0 fully saturated rings. The first-order valence-electron chi connectivity index (χ1n) is 4.08. The lowest BCUT2D eigenvalue weighted by Gasteiger charge is -2.15. The Balaban J connectivity index is 3.05. The highest BCUT2D eigenvalue weighted by Gasteiger charge is 2.01. The zero-order valence-corrected chi connectivity index (χ0v) is 7.86. The minimum Gasteiger partial charge on any atom is -0.377 e. The molecule has 0 N–H and O–H groups in total. The second kappa shape index (κ2) is 4.32. The molecular formula is C11H12N2. The molecule has 0 aliphatic rings. The van der Waals surface area contributed by atoms with Gasteiger partial charge in [-0.15, -0.1) is 0 Å². The predicted molar refractivity (Wildman–Crippen MR) is 53.7 cm³/mol. The molecule has 0 heterocycles. The van der Waals surface area contributed by atoms with Gasteiger partial charge in [0.05, 0.1) is 11.8 Å². The van der Waals surface area contributed by atoms with E-state index in [0.717, 1.165) is 11.3 Å². The molecule has 2 heteroatoms. The van der Waals surface area contributed by atoms with Crippen LogP contribution in [0.1, 0.15) is 5.56 Å². The molecule has 66 valence electrons. The average Bonchev–Trinajstić information content (AvgIpc) is 2.15. The van der Waals surface area contributed by atoms with Gasteiger partial charge in [-0.1, -0.05) is 30.3 Å². The summed E-state index contributed by atoms with van der Waals surface area (Å²) >= 11 is 0. The summed E-state index contributed by atoms with van der Waals surface area (Å²) in [5.74, 6) is 0. The van der Waals surface area contributed by atoms with Crippen LogP contribution in [0.15, 0.2) is 36.4 Å². The first kappa shape index (κ1) is 9.34. The molecule has 1 aromatic rings. The number of rotatable bonds is 2. The quantitative estimate of drug-likeness (QED) is 0.639. The van der Waals surface area contributed by atoms with Crippen LogP contribution in [-0.4, -0.2) is 19.0 Å². The molecule has 0 atom stereocenters. The van der Waals surface area contributed by atoms with Crippen molar-refractivity contribution in [3.63, 3.8) is 0 Å². The van der Waals surface area contributed by atoms with Gasteiger partial charge in [-0.05, 0) is 5.56 Å². The number of hydrogen-bond donors (Lipinski definition) is 0. The van der Waals surface area contributed by atoms with Crippen molar-refractivity contribution < 1.29 is 0 Å². The van der Waals surface area contributed by atoms with Gasteiger partial charge < -0.3 is 4.90 Å². The number of allylic oxidation sites excluding steroid dienone is 1. The third-order valence-corrected chi connectivity index (χ3v) is 1.75. The van der Waals surface area contributed by atoms with Crippen molar-refractivity contribution in [2.75, 3.05) is 14.1 Å². The van der Waals surface area contributed by atoms with Crippen LogP contribution in [0.3, 0.4) is 0 Å². The predicted octanol–water partition coefficient (Wildman–Crippen LogP) is 2.11. The number of benzene rings is 1. The number of nitriles is 1. The van der Waals surface area contributed by atoms with Gasteiger partial charge in [-0.25, -0.2) is 0 Å². The van der Waals surface area contributed by atoms with E-state index in [4.69, 9.17) is 5.26 Å². The van der Waals surface area contributed by atoms with E-state index in [1.54, 1.807) is 6.08 Å². The highest BCUT2D eigenvalue weighted by Crippen LogP contribution is 2.14. The SMILES string of the molecule is CN(C)/C(=C/C#N)c1ccccc1. The molecule has 1 aromatic carbocycles. The van der Waals surface area contributed by atoms with Gasteiger partial charge in [0.15, 0.2) is 0 Å². The van der Waals surface area contributed by atoms with Crippen LogP contribution in [0.4, 0.5) is 0 Å². The summed E-state index contributed by atoms with van der Waals surface area (Å²) in [5.41, 5.74) is 2.00. The van der Waals surface area contributed by atoms with Crippen LogP contribution in [0, 0.1) is 11.3 Å². The Labute approximate surface area is 78.7 Å². The first-order chi connectivity index (χ1) is 6.25. The van der Waals surface area contributed by atoms with E-state index in [1.165, 1.54) is 0 Å². The van der Waals surface area contributed by atoms with Crippen LogP contribution in [0.5, 0.6) is 0 Å². The minimum atomic E-state index is 0.933. The molecule has 0 saturated heterocycles. The van der Waals surface area contributed by atoms with Crippen LogP contribution < -0.4 is 0 Å². The fourth-order valence-electron chi connectivity index (χ4n) is 1.14. The Morgan fingerprint density at radius 3 is 2.38 bits per heavy atom. The van der Waals surface area contributed by atoms with Crippen molar-refractivity contribution in [1.29, 1.82) is 5.26 Å². The van der Waals surface area contributed by atoms with Crippen molar-refractivity contribution in [3.8, 4) is 6.07 Å². The standard InChI is InChI=1S/C11H12N2/c1-13(2)11(8-9-12)10-6-4-3-5-7-10/h3-8H,1-2H3/b11-8+. The smallest absolute Gasteiger partial charge is 0.0933 e. The number of hydrogen-bond acceptors (Lipinski definition) is 2. The third-order valence-electron chi connectivity index (χ3n) is 1.75. The Bertz CT molecular complexity index is 331. The zero-order chi connectivity index (χ0) is 9.68. The topological polar surface area (TPSA) is 27.0 Å². The molecule has 2 nitrogen and oxygen atoms in total. The highest BCUT2D eigenvalue weighted by molar-refractivity contribution is 5.65. The maximum Gasteiger partial charge on any atom is 0.0933 e. The van der Waals surface area contributed by atoms with Crippen LogP contribution in [0.25, 0.3) is 5.70 Å². The van der Waals surface area contributed by atoms with Crippen molar-refractivity contribution in [3.05, 3.63) is 42.0 Å². The van der Waals surface area contributed by atoms with E-state index in [-0.39, 0.29) is 0 Å². The molecule has 1 rings (SSSR count). The molecule has 0 amide bonds. The fourth-order valence-corrected chi connectivity index (χ4v) is 1.14. The summed E-state index contributed by atoms with van der Waals surface area (Å²) in [6, 6.07) is 11.9. The molecule has 0 bridgehead atoms. The van der Waals surface area contributed by atoms with Gasteiger partial charge in [-0.2, -0.15) is 5.26 Å². The maximum absolute atomic E-state index is 8.59. The molecule has 0 aliphatic heterocycles. The molecule has 13 heavy (non-hydrogen) atoms. The number of nitrogens with zero attached hydrogens (tertiary/aromatic N) is 2. The summed E-state index contributed by atoms with van der Waals surface area (Å²) < 4.78 is 0. The Morgan fingerprint density at radius 1 is 1.31 bits per heavy atom. The largest absolute Gasteiger partial charge is 0.377 e. The van der Waals surface area contributed by atoms with Gasteiger partial charge in [0.2, 0.25) is 0 Å². The fraction of sp³-hybridized carbons (Fsp3) is 0.182. The molecule has 0 saturated carbocycles. The van der Waals surface area contributed by atoms with Crippen molar-refractivity contribution in [2.45, 2.75) is 0 Å². The van der Waals surface area contributed by atoms with E-state index in [2.05, 4.69) is 0 Å². The van der Waals surface area contributed by atoms with E-state index >= 15 is 0 Å². The highest BCUT2D eigenvalue weighted by atomic mass is 15.1. The molecule has 0 radical (unpaired) electrons. The lowest BCUT2D eigenvalue weighted by atomic mass is 10.1. The Kier molecular flexibility index (Phi) is 3.10. The van der Waals surface area contributed by atoms with Crippen molar-refractivity contribution in [2.24, 2.45) is 0 Å². The van der Waals surface area contributed by atoms with Crippen molar-refractivity contribution in [1.82, 2.24) is 4.90 Å². The van der Waals surface area contributed by atoms with Crippen molar-refractivity contribution >= 4 is 5.70 Å². The van der Waals surface area contributed by atoms with E-state index in [1.807, 2.05) is 55.4 Å². The first-order valence-corrected chi connectivity index (χ1v) is 4.08. The van der Waals surface area contributed by atoms with Gasteiger partial charge in [0.1, 0.15) is 0 Å². The molecule has 0 aromatic heterocycles. The maximum atomic E-state index is 8.59. The molecule has 0 spiro atoms. The normalized spacial score (nSPS) is 10.7. The lowest BCUT2D eigenvalue weighted by Crippen LogP contribution is -2.09. The van der Waals surface area contributed by atoms with Gasteiger partial charge in [0.25, 0.3) is 0 Å². The molecule has 0 aliphatic carbocycles. The lowest BCUT2D eigenvalue weighted by molar-refractivity contribution is 0.592. The summed E-state index contributed by atoms with van der Waals surface area (Å²) in [6.45, 7) is 0. The van der Waals surface area contributed by atoms with Gasteiger partial charge in [0, 0.05) is 20.2 Å². The summed E-state index contributed by atoms with van der Waals surface area (Å²) in [6.07, 6.45) is 1.55. The Morgan fingerprint density at radius 2 is 1.92 bits per heavy atom. The Hall–Kier alpha value is -1.75. The summed E-state index contributed by atoms with van der Waals surface area (Å²) in [7, 11) is 3.85. The van der Waals surface area contributed by atoms with E-state index < -0.39 is 0 Å². The summed E-state index contributed by atoms with van der Waals surface area (Å²) in [4.78, 5) is 1.93. The summed E-state index contributed by atoms with van der Waals surface area (Å²) in [5, 5.41) is 8.59. The average molecular weight is 172 g/mol. The minimum absolute atomic E-state index is 0.933.